The molecule has 0 aliphatic rings. The third-order valence-electron chi connectivity index (χ3n) is 3.85. The Morgan fingerprint density at radius 2 is 1.89 bits per heavy atom. The summed E-state index contributed by atoms with van der Waals surface area (Å²) in [5.41, 5.74) is 3.27. The van der Waals surface area contributed by atoms with Gasteiger partial charge in [0.2, 0.25) is 11.8 Å². The quantitative estimate of drug-likeness (QED) is 0.372. The number of nitro groups is 1. The van der Waals surface area contributed by atoms with Gasteiger partial charge < -0.3 is 9.73 Å². The fourth-order valence-electron chi connectivity index (χ4n) is 2.62. The van der Waals surface area contributed by atoms with Crippen LogP contribution in [0.3, 0.4) is 0 Å². The van der Waals surface area contributed by atoms with E-state index in [1.54, 1.807) is 13.0 Å². The lowest BCUT2D eigenvalue weighted by atomic mass is 10.1. The van der Waals surface area contributed by atoms with Gasteiger partial charge in [-0.1, -0.05) is 35.0 Å². The zero-order valence-corrected chi connectivity index (χ0v) is 16.3. The number of carbonyl (C=O) groups is 1. The van der Waals surface area contributed by atoms with Crippen LogP contribution >= 0.6 is 11.8 Å². The zero-order valence-electron chi connectivity index (χ0n) is 15.5. The number of hydrogen-bond donors (Lipinski definition) is 1. The van der Waals surface area contributed by atoms with Crippen LogP contribution in [-0.4, -0.2) is 26.3 Å². The van der Waals surface area contributed by atoms with Gasteiger partial charge in [0.05, 0.1) is 10.2 Å². The van der Waals surface area contributed by atoms with Gasteiger partial charge in [0, 0.05) is 23.4 Å². The van der Waals surface area contributed by atoms with Crippen molar-refractivity contribution < 1.29 is 14.1 Å². The van der Waals surface area contributed by atoms with Crippen molar-refractivity contribution in [3.8, 4) is 11.5 Å². The van der Waals surface area contributed by atoms with Crippen LogP contribution in [0.5, 0.6) is 0 Å². The molecule has 0 fully saturated rings. The summed E-state index contributed by atoms with van der Waals surface area (Å²) in [6.45, 7) is 5.67. The highest BCUT2D eigenvalue weighted by atomic mass is 32.2. The van der Waals surface area contributed by atoms with E-state index < -0.39 is 10.2 Å². The molecule has 0 saturated carbocycles. The van der Waals surface area contributed by atoms with Crippen LogP contribution in [0.15, 0.2) is 52.1 Å². The average Bonchev–Trinajstić information content (AvgIpc) is 3.09. The first-order chi connectivity index (χ1) is 13.3. The van der Waals surface area contributed by atoms with Gasteiger partial charge in [0.15, 0.2) is 0 Å². The summed E-state index contributed by atoms with van der Waals surface area (Å²) < 4.78 is 5.67. The van der Waals surface area contributed by atoms with E-state index in [1.165, 1.54) is 18.2 Å². The number of non-ortho nitro benzene ring substituents is 1. The van der Waals surface area contributed by atoms with Crippen molar-refractivity contribution in [2.24, 2.45) is 0 Å². The molecule has 9 heteroatoms. The van der Waals surface area contributed by atoms with Crippen LogP contribution in [0.25, 0.3) is 11.5 Å². The minimum atomic E-state index is -0.535. The van der Waals surface area contributed by atoms with Gasteiger partial charge in [-0.3, -0.25) is 14.9 Å². The summed E-state index contributed by atoms with van der Waals surface area (Å²) in [5, 5.41) is 21.3. The first-order valence-corrected chi connectivity index (χ1v) is 9.34. The number of amides is 1. The van der Waals surface area contributed by atoms with Gasteiger partial charge in [-0.15, -0.1) is 10.2 Å². The van der Waals surface area contributed by atoms with Gasteiger partial charge in [-0.05, 0) is 39.0 Å². The molecule has 1 heterocycles. The summed E-state index contributed by atoms with van der Waals surface area (Å²) in [7, 11) is 0. The number of nitrogens with one attached hydrogen (secondary N) is 1. The number of benzene rings is 2. The van der Waals surface area contributed by atoms with E-state index in [2.05, 4.69) is 21.6 Å². The number of aromatic nitrogens is 2. The predicted octanol–water partition coefficient (Wildman–Crippen LogP) is 4.38. The molecule has 1 atom stereocenters. The zero-order chi connectivity index (χ0) is 20.3. The monoisotopic (exact) mass is 398 g/mol. The molecular formula is C19H18N4O4S. The van der Waals surface area contributed by atoms with Crippen molar-refractivity contribution in [2.75, 3.05) is 5.32 Å². The smallest absolute Gasteiger partial charge is 0.277 e. The van der Waals surface area contributed by atoms with Crippen LogP contribution in [0.2, 0.25) is 0 Å². The first-order valence-electron chi connectivity index (χ1n) is 8.46. The van der Waals surface area contributed by atoms with E-state index >= 15 is 0 Å². The molecule has 1 unspecified atom stereocenters. The number of nitro benzene ring substituents is 1. The first kappa shape index (κ1) is 19.6. The Morgan fingerprint density at radius 3 is 2.57 bits per heavy atom. The number of thioether (sulfide) groups is 1. The molecule has 0 bridgehead atoms. The molecule has 28 heavy (non-hydrogen) atoms. The second-order valence-corrected chi connectivity index (χ2v) is 7.60. The summed E-state index contributed by atoms with van der Waals surface area (Å²) in [5.74, 6) is 0.0669. The maximum absolute atomic E-state index is 12.4. The van der Waals surface area contributed by atoms with Gasteiger partial charge in [0.25, 0.3) is 10.9 Å². The molecule has 3 aromatic rings. The van der Waals surface area contributed by atoms with Crippen molar-refractivity contribution in [3.63, 3.8) is 0 Å². The summed E-state index contributed by atoms with van der Waals surface area (Å²) >= 11 is 1.12. The predicted molar refractivity (Wildman–Crippen MR) is 106 cm³/mol. The van der Waals surface area contributed by atoms with Crippen molar-refractivity contribution in [1.29, 1.82) is 0 Å². The second kappa shape index (κ2) is 8.22. The minimum Gasteiger partial charge on any atom is -0.411 e. The third kappa shape index (κ3) is 4.74. The van der Waals surface area contributed by atoms with E-state index in [0.29, 0.717) is 11.6 Å². The summed E-state index contributed by atoms with van der Waals surface area (Å²) in [4.78, 5) is 22.7. The Morgan fingerprint density at radius 1 is 1.18 bits per heavy atom. The minimum absolute atomic E-state index is 0.0897. The lowest BCUT2D eigenvalue weighted by Crippen LogP contribution is -2.22. The van der Waals surface area contributed by atoms with Crippen LogP contribution in [0, 0.1) is 24.0 Å². The van der Waals surface area contributed by atoms with E-state index in [-0.39, 0.29) is 16.8 Å². The van der Waals surface area contributed by atoms with Crippen molar-refractivity contribution >= 4 is 29.0 Å². The van der Waals surface area contributed by atoms with Crippen molar-refractivity contribution in [2.45, 2.75) is 31.2 Å². The number of carbonyl (C=O) groups excluding carboxylic acids is 1. The number of hydrogen-bond acceptors (Lipinski definition) is 7. The molecular weight excluding hydrogens is 380 g/mol. The van der Waals surface area contributed by atoms with Gasteiger partial charge in [-0.2, -0.15) is 0 Å². The molecule has 1 aromatic heterocycles. The molecule has 1 amide bonds. The summed E-state index contributed by atoms with van der Waals surface area (Å²) in [6.07, 6.45) is 0. The largest absolute Gasteiger partial charge is 0.411 e. The van der Waals surface area contributed by atoms with E-state index in [9.17, 15) is 14.9 Å². The molecule has 0 aliphatic heterocycles. The van der Waals surface area contributed by atoms with Crippen LogP contribution in [0.4, 0.5) is 11.4 Å². The van der Waals surface area contributed by atoms with Gasteiger partial charge in [-0.25, -0.2) is 0 Å². The number of anilines is 1. The molecule has 0 radical (unpaired) electrons. The Hall–Kier alpha value is -3.20. The van der Waals surface area contributed by atoms with Crippen LogP contribution in [-0.2, 0) is 4.79 Å². The van der Waals surface area contributed by atoms with Crippen LogP contribution < -0.4 is 5.32 Å². The SMILES string of the molecule is Cc1cc(C)cc(-c2nnc(SC(C)C(=O)Nc3cccc([N+](=O)[O-])c3)o2)c1. The van der Waals surface area contributed by atoms with Gasteiger partial charge >= 0.3 is 0 Å². The molecule has 0 saturated heterocycles. The molecule has 0 spiro atoms. The Balaban J connectivity index is 1.67. The summed E-state index contributed by atoms with van der Waals surface area (Å²) in [6, 6.07) is 11.7. The highest BCUT2D eigenvalue weighted by molar-refractivity contribution is 8.00. The van der Waals surface area contributed by atoms with Gasteiger partial charge in [0.1, 0.15) is 0 Å². The fourth-order valence-corrected chi connectivity index (χ4v) is 3.30. The number of aryl methyl sites for hydroxylation is 2. The highest BCUT2D eigenvalue weighted by Crippen LogP contribution is 2.28. The maximum Gasteiger partial charge on any atom is 0.277 e. The molecule has 8 nitrogen and oxygen atoms in total. The van der Waals surface area contributed by atoms with Crippen molar-refractivity contribution in [3.05, 3.63) is 63.7 Å². The standard InChI is InChI=1S/C19H18N4O4S/c1-11-7-12(2)9-14(8-11)18-21-22-19(27-18)28-13(3)17(24)20-15-5-4-6-16(10-15)23(25)26/h4-10,13H,1-3H3,(H,20,24). The molecule has 2 aromatic carbocycles. The molecule has 144 valence electrons. The lowest BCUT2D eigenvalue weighted by Gasteiger charge is -2.09. The highest BCUT2D eigenvalue weighted by Gasteiger charge is 2.19. The van der Waals surface area contributed by atoms with E-state index in [1.807, 2.05) is 26.0 Å². The van der Waals surface area contributed by atoms with Crippen LogP contribution in [0.1, 0.15) is 18.1 Å². The number of rotatable bonds is 6. The normalized spacial score (nSPS) is 11.8. The lowest BCUT2D eigenvalue weighted by molar-refractivity contribution is -0.384. The maximum atomic E-state index is 12.4. The molecule has 3 rings (SSSR count). The second-order valence-electron chi connectivity index (χ2n) is 6.31. The Labute approximate surface area is 165 Å². The number of nitrogens with zero attached hydrogens (tertiary/aromatic N) is 3. The Kier molecular flexibility index (Phi) is 5.74. The van der Waals surface area contributed by atoms with E-state index in [0.717, 1.165) is 28.5 Å². The third-order valence-corrected chi connectivity index (χ3v) is 4.78. The Bertz CT molecular complexity index is 1010. The van der Waals surface area contributed by atoms with Crippen molar-refractivity contribution in [1.82, 2.24) is 10.2 Å². The fraction of sp³-hybridized carbons (Fsp3) is 0.211. The average molecular weight is 398 g/mol. The van der Waals surface area contributed by atoms with E-state index in [4.69, 9.17) is 4.42 Å². The topological polar surface area (TPSA) is 111 Å². The molecule has 0 aliphatic carbocycles. The molecule has 1 N–H and O–H groups in total.